The molecule has 1 rings (SSSR count). The number of aliphatic hydroxyl groups is 1. The molecule has 70 valence electrons. The van der Waals surface area contributed by atoms with Crippen molar-refractivity contribution < 1.29 is 14.6 Å². The van der Waals surface area contributed by atoms with Crippen LogP contribution in [0.5, 0.6) is 0 Å². The number of carbonyl (C=O) groups is 1. The van der Waals surface area contributed by atoms with Gasteiger partial charge in [0.2, 0.25) is 0 Å². The van der Waals surface area contributed by atoms with Crippen molar-refractivity contribution in [3.8, 4) is 0 Å². The lowest BCUT2D eigenvalue weighted by Gasteiger charge is -2.39. The SMILES string of the molecule is CC[C@@H](O)[C@H]1C(=O)O[C@@H]1C(C)C. The van der Waals surface area contributed by atoms with E-state index in [1.807, 2.05) is 20.8 Å². The first-order chi connectivity index (χ1) is 5.57. The van der Waals surface area contributed by atoms with Crippen LogP contribution in [0.25, 0.3) is 0 Å². The molecule has 1 aliphatic heterocycles. The van der Waals surface area contributed by atoms with Gasteiger partial charge < -0.3 is 9.84 Å². The summed E-state index contributed by atoms with van der Waals surface area (Å²) in [6.45, 7) is 5.85. The van der Waals surface area contributed by atoms with Gasteiger partial charge in [0.05, 0.1) is 6.10 Å². The molecule has 0 unspecified atom stereocenters. The quantitative estimate of drug-likeness (QED) is 0.645. The molecule has 0 radical (unpaired) electrons. The number of esters is 1. The van der Waals surface area contributed by atoms with E-state index in [1.54, 1.807) is 0 Å². The zero-order valence-corrected chi connectivity index (χ0v) is 7.78. The molecule has 3 heteroatoms. The summed E-state index contributed by atoms with van der Waals surface area (Å²) in [5.41, 5.74) is 0. The van der Waals surface area contributed by atoms with E-state index in [9.17, 15) is 9.90 Å². The normalized spacial score (nSPS) is 31.2. The molecule has 0 aliphatic carbocycles. The van der Waals surface area contributed by atoms with Crippen LogP contribution in [0.3, 0.4) is 0 Å². The third kappa shape index (κ3) is 1.46. The molecule has 0 saturated carbocycles. The van der Waals surface area contributed by atoms with Gasteiger partial charge in [0.15, 0.2) is 0 Å². The van der Waals surface area contributed by atoms with Crippen molar-refractivity contribution in [2.45, 2.75) is 39.4 Å². The van der Waals surface area contributed by atoms with Crippen molar-refractivity contribution in [1.29, 1.82) is 0 Å². The van der Waals surface area contributed by atoms with E-state index in [4.69, 9.17) is 4.74 Å². The highest BCUT2D eigenvalue weighted by Crippen LogP contribution is 2.31. The number of hydrogen-bond acceptors (Lipinski definition) is 3. The molecule has 1 N–H and O–H groups in total. The lowest BCUT2D eigenvalue weighted by Crippen LogP contribution is -2.53. The van der Waals surface area contributed by atoms with Crippen molar-refractivity contribution >= 4 is 5.97 Å². The second-order valence-electron chi connectivity index (χ2n) is 3.65. The maximum atomic E-state index is 11.0. The summed E-state index contributed by atoms with van der Waals surface area (Å²) < 4.78 is 4.94. The molecule has 0 aromatic carbocycles. The minimum absolute atomic E-state index is 0.0764. The number of hydrogen-bond donors (Lipinski definition) is 1. The predicted molar refractivity (Wildman–Crippen MR) is 44.5 cm³/mol. The molecular formula is C9H16O3. The van der Waals surface area contributed by atoms with Crippen LogP contribution in [0, 0.1) is 11.8 Å². The average molecular weight is 172 g/mol. The summed E-state index contributed by atoms with van der Waals surface area (Å²) >= 11 is 0. The molecule has 3 nitrogen and oxygen atoms in total. The fraction of sp³-hybridized carbons (Fsp3) is 0.889. The van der Waals surface area contributed by atoms with Crippen molar-refractivity contribution in [2.75, 3.05) is 0 Å². The number of carbonyl (C=O) groups excluding carboxylic acids is 1. The molecule has 0 aromatic rings. The molecular weight excluding hydrogens is 156 g/mol. The van der Waals surface area contributed by atoms with Crippen LogP contribution in [-0.2, 0) is 9.53 Å². The van der Waals surface area contributed by atoms with Crippen LogP contribution in [0.1, 0.15) is 27.2 Å². The smallest absolute Gasteiger partial charge is 0.315 e. The highest BCUT2D eigenvalue weighted by molar-refractivity contribution is 5.79. The zero-order valence-electron chi connectivity index (χ0n) is 7.78. The van der Waals surface area contributed by atoms with Crippen molar-refractivity contribution in [1.82, 2.24) is 0 Å². The first-order valence-corrected chi connectivity index (χ1v) is 4.46. The van der Waals surface area contributed by atoms with Gasteiger partial charge in [0.25, 0.3) is 0 Å². The number of aliphatic hydroxyl groups excluding tert-OH is 1. The molecule has 0 amide bonds. The lowest BCUT2D eigenvalue weighted by atomic mass is 9.83. The standard InChI is InChI=1S/C9H16O3/c1-4-6(10)7-8(5(2)3)12-9(7)11/h5-8,10H,4H2,1-3H3/t6-,7-,8-/m1/s1. The van der Waals surface area contributed by atoms with E-state index in [1.165, 1.54) is 0 Å². The summed E-state index contributed by atoms with van der Waals surface area (Å²) in [5.74, 6) is -0.230. The second-order valence-corrected chi connectivity index (χ2v) is 3.65. The van der Waals surface area contributed by atoms with Crippen molar-refractivity contribution in [3.05, 3.63) is 0 Å². The summed E-state index contributed by atoms with van der Waals surface area (Å²) in [4.78, 5) is 11.0. The van der Waals surface area contributed by atoms with Gasteiger partial charge in [0, 0.05) is 0 Å². The van der Waals surface area contributed by atoms with Crippen LogP contribution >= 0.6 is 0 Å². The highest BCUT2D eigenvalue weighted by Gasteiger charge is 2.47. The van der Waals surface area contributed by atoms with Crippen molar-refractivity contribution in [3.63, 3.8) is 0 Å². The summed E-state index contributed by atoms with van der Waals surface area (Å²) in [7, 11) is 0. The molecule has 1 aliphatic rings. The van der Waals surface area contributed by atoms with Crippen LogP contribution in [0.4, 0.5) is 0 Å². The highest BCUT2D eigenvalue weighted by atomic mass is 16.6. The minimum atomic E-state index is -0.529. The van der Waals surface area contributed by atoms with E-state index in [0.29, 0.717) is 12.3 Å². The molecule has 1 heterocycles. The molecule has 1 fully saturated rings. The first kappa shape index (κ1) is 9.52. The predicted octanol–water partition coefficient (Wildman–Crippen LogP) is 0.955. The molecule has 3 atom stereocenters. The molecule has 12 heavy (non-hydrogen) atoms. The number of cyclic esters (lactones) is 1. The summed E-state index contributed by atoms with van der Waals surface area (Å²) in [6.07, 6.45) is 0.00861. The van der Waals surface area contributed by atoms with Crippen LogP contribution < -0.4 is 0 Å². The fourth-order valence-corrected chi connectivity index (χ4v) is 1.53. The maximum Gasteiger partial charge on any atom is 0.315 e. The van der Waals surface area contributed by atoms with Crippen LogP contribution in [0.15, 0.2) is 0 Å². The third-order valence-electron chi connectivity index (χ3n) is 2.37. The van der Waals surface area contributed by atoms with Gasteiger partial charge in [-0.15, -0.1) is 0 Å². The Kier molecular flexibility index (Phi) is 2.73. The summed E-state index contributed by atoms with van der Waals surface area (Å²) in [6, 6.07) is 0. The van der Waals surface area contributed by atoms with Gasteiger partial charge in [-0.3, -0.25) is 4.79 Å². The largest absolute Gasteiger partial charge is 0.461 e. The van der Waals surface area contributed by atoms with E-state index >= 15 is 0 Å². The molecule has 0 spiro atoms. The van der Waals surface area contributed by atoms with Gasteiger partial charge in [-0.1, -0.05) is 20.8 Å². The maximum absolute atomic E-state index is 11.0. The third-order valence-corrected chi connectivity index (χ3v) is 2.37. The first-order valence-electron chi connectivity index (χ1n) is 4.46. The Morgan fingerprint density at radius 2 is 2.17 bits per heavy atom. The molecule has 0 aromatic heterocycles. The molecule has 0 bridgehead atoms. The van der Waals surface area contributed by atoms with Crippen LogP contribution in [0.2, 0.25) is 0 Å². The van der Waals surface area contributed by atoms with E-state index in [0.717, 1.165) is 0 Å². The molecule has 1 saturated heterocycles. The van der Waals surface area contributed by atoms with Gasteiger partial charge in [-0.2, -0.15) is 0 Å². The van der Waals surface area contributed by atoms with E-state index < -0.39 is 6.10 Å². The monoisotopic (exact) mass is 172 g/mol. The lowest BCUT2D eigenvalue weighted by molar-refractivity contribution is -0.201. The number of rotatable bonds is 3. The number of ether oxygens (including phenoxy) is 1. The Hall–Kier alpha value is -0.570. The summed E-state index contributed by atoms with van der Waals surface area (Å²) in [5, 5.41) is 9.47. The Morgan fingerprint density at radius 1 is 1.58 bits per heavy atom. The topological polar surface area (TPSA) is 46.5 Å². The van der Waals surface area contributed by atoms with E-state index in [-0.39, 0.29) is 18.0 Å². The van der Waals surface area contributed by atoms with Gasteiger partial charge >= 0.3 is 5.97 Å². The fourth-order valence-electron chi connectivity index (χ4n) is 1.53. The zero-order chi connectivity index (χ0) is 9.30. The van der Waals surface area contributed by atoms with E-state index in [2.05, 4.69) is 0 Å². The van der Waals surface area contributed by atoms with Gasteiger partial charge in [-0.25, -0.2) is 0 Å². The van der Waals surface area contributed by atoms with Gasteiger partial charge in [-0.05, 0) is 12.3 Å². The Bertz CT molecular complexity index is 177. The Labute approximate surface area is 72.7 Å². The van der Waals surface area contributed by atoms with Crippen molar-refractivity contribution in [2.24, 2.45) is 11.8 Å². The van der Waals surface area contributed by atoms with Gasteiger partial charge in [0.1, 0.15) is 12.0 Å². The Morgan fingerprint density at radius 3 is 2.50 bits per heavy atom. The average Bonchev–Trinajstić information content (AvgIpc) is 1.99. The Balaban J connectivity index is 2.55. The minimum Gasteiger partial charge on any atom is -0.461 e. The van der Waals surface area contributed by atoms with Crippen LogP contribution in [-0.4, -0.2) is 23.3 Å². The second kappa shape index (κ2) is 3.44.